The van der Waals surface area contributed by atoms with Gasteiger partial charge in [0.15, 0.2) is 5.69 Å². The van der Waals surface area contributed by atoms with E-state index in [-0.39, 0.29) is 19.0 Å². The SMILES string of the molecule is Cn1c(-c2ccccc2N(CCO)Cc2ccc(Cl)c(Cl)c2)nc(C(=O)O)c(O)c1=O. The molecule has 0 atom stereocenters. The van der Waals surface area contributed by atoms with Crippen molar-refractivity contribution in [2.75, 3.05) is 18.1 Å². The monoisotopic (exact) mass is 463 g/mol. The number of aliphatic hydroxyl groups is 1. The number of aromatic nitrogens is 2. The molecule has 0 bridgehead atoms. The zero-order chi connectivity index (χ0) is 22.7. The summed E-state index contributed by atoms with van der Waals surface area (Å²) in [6.45, 7) is 0.444. The van der Waals surface area contributed by atoms with Crippen LogP contribution in [0.1, 0.15) is 16.1 Å². The van der Waals surface area contributed by atoms with Gasteiger partial charge in [0, 0.05) is 31.4 Å². The number of anilines is 1. The van der Waals surface area contributed by atoms with Crippen LogP contribution in [-0.4, -0.2) is 44.0 Å². The highest BCUT2D eigenvalue weighted by molar-refractivity contribution is 6.42. The van der Waals surface area contributed by atoms with Crippen LogP contribution in [0.15, 0.2) is 47.3 Å². The zero-order valence-corrected chi connectivity index (χ0v) is 17.9. The molecular formula is C21H19Cl2N3O5. The van der Waals surface area contributed by atoms with E-state index in [9.17, 15) is 24.9 Å². The summed E-state index contributed by atoms with van der Waals surface area (Å²) >= 11 is 12.1. The number of para-hydroxylation sites is 1. The average Bonchev–Trinajstić information content (AvgIpc) is 2.74. The van der Waals surface area contributed by atoms with E-state index in [2.05, 4.69) is 4.98 Å². The molecule has 8 nitrogen and oxygen atoms in total. The quantitative estimate of drug-likeness (QED) is 0.492. The molecule has 0 saturated carbocycles. The van der Waals surface area contributed by atoms with Crippen molar-refractivity contribution in [3.8, 4) is 17.1 Å². The maximum absolute atomic E-state index is 12.4. The molecule has 162 valence electrons. The minimum Gasteiger partial charge on any atom is -0.501 e. The maximum Gasteiger partial charge on any atom is 0.358 e. The smallest absolute Gasteiger partial charge is 0.358 e. The van der Waals surface area contributed by atoms with Crippen molar-refractivity contribution in [2.45, 2.75) is 6.54 Å². The summed E-state index contributed by atoms with van der Waals surface area (Å²) in [5.74, 6) is -2.39. The summed E-state index contributed by atoms with van der Waals surface area (Å²) in [4.78, 5) is 29.7. The number of nitrogens with zero attached hydrogens (tertiary/aromatic N) is 3. The Morgan fingerprint density at radius 1 is 1.16 bits per heavy atom. The van der Waals surface area contributed by atoms with Crippen molar-refractivity contribution in [2.24, 2.45) is 7.05 Å². The first-order valence-electron chi connectivity index (χ1n) is 9.17. The fourth-order valence-electron chi connectivity index (χ4n) is 3.18. The van der Waals surface area contributed by atoms with Crippen LogP contribution in [0.3, 0.4) is 0 Å². The van der Waals surface area contributed by atoms with E-state index >= 15 is 0 Å². The van der Waals surface area contributed by atoms with Crippen LogP contribution in [0.2, 0.25) is 10.0 Å². The number of rotatable bonds is 7. The van der Waals surface area contributed by atoms with Gasteiger partial charge in [0.05, 0.1) is 16.7 Å². The van der Waals surface area contributed by atoms with E-state index in [1.165, 1.54) is 7.05 Å². The van der Waals surface area contributed by atoms with E-state index in [4.69, 9.17) is 23.2 Å². The summed E-state index contributed by atoms with van der Waals surface area (Å²) in [5.41, 5.74) is 0.281. The van der Waals surface area contributed by atoms with Crippen molar-refractivity contribution in [1.82, 2.24) is 9.55 Å². The van der Waals surface area contributed by atoms with Gasteiger partial charge in [0.1, 0.15) is 5.82 Å². The Morgan fingerprint density at radius 3 is 2.52 bits per heavy atom. The van der Waals surface area contributed by atoms with Gasteiger partial charge in [0.25, 0.3) is 5.56 Å². The van der Waals surface area contributed by atoms with E-state index in [0.717, 1.165) is 10.1 Å². The molecule has 0 unspecified atom stereocenters. The summed E-state index contributed by atoms with van der Waals surface area (Å²) in [5, 5.41) is 29.6. The lowest BCUT2D eigenvalue weighted by atomic mass is 10.1. The first-order valence-corrected chi connectivity index (χ1v) is 9.92. The minimum absolute atomic E-state index is 0.0629. The number of carbonyl (C=O) groups is 1. The number of aromatic hydroxyl groups is 1. The minimum atomic E-state index is -1.52. The van der Waals surface area contributed by atoms with Crippen molar-refractivity contribution >= 4 is 34.9 Å². The Balaban J connectivity index is 2.14. The number of hydrogen-bond acceptors (Lipinski definition) is 6. The van der Waals surface area contributed by atoms with Crippen molar-refractivity contribution in [1.29, 1.82) is 0 Å². The third kappa shape index (κ3) is 4.66. The highest BCUT2D eigenvalue weighted by Crippen LogP contribution is 2.32. The second-order valence-corrected chi connectivity index (χ2v) is 7.53. The molecule has 1 aromatic heterocycles. The molecule has 0 saturated heterocycles. The Bertz CT molecular complexity index is 1200. The number of carboxylic acid groups (broad SMARTS) is 1. The fourth-order valence-corrected chi connectivity index (χ4v) is 3.50. The van der Waals surface area contributed by atoms with Gasteiger partial charge in [0.2, 0.25) is 5.75 Å². The van der Waals surface area contributed by atoms with Gasteiger partial charge in [-0.25, -0.2) is 9.78 Å². The van der Waals surface area contributed by atoms with Crippen LogP contribution in [0, 0.1) is 0 Å². The lowest BCUT2D eigenvalue weighted by molar-refractivity contribution is 0.0686. The molecule has 10 heteroatoms. The fraction of sp³-hybridized carbons (Fsp3) is 0.190. The van der Waals surface area contributed by atoms with E-state index in [0.29, 0.717) is 27.8 Å². The largest absolute Gasteiger partial charge is 0.501 e. The van der Waals surface area contributed by atoms with Crippen LogP contribution < -0.4 is 10.5 Å². The second kappa shape index (κ2) is 9.38. The van der Waals surface area contributed by atoms with Crippen molar-refractivity contribution < 1.29 is 20.1 Å². The number of hydrogen-bond donors (Lipinski definition) is 3. The predicted molar refractivity (Wildman–Crippen MR) is 118 cm³/mol. The number of benzene rings is 2. The lowest BCUT2D eigenvalue weighted by Gasteiger charge is -2.27. The van der Waals surface area contributed by atoms with E-state index in [1.807, 2.05) is 4.90 Å². The molecule has 2 aromatic carbocycles. The maximum atomic E-state index is 12.4. The number of carboxylic acids is 1. The molecule has 3 rings (SSSR count). The average molecular weight is 464 g/mol. The molecule has 0 radical (unpaired) electrons. The lowest BCUT2D eigenvalue weighted by Crippen LogP contribution is -2.28. The number of halogens is 2. The Hall–Kier alpha value is -3.07. The summed E-state index contributed by atoms with van der Waals surface area (Å²) in [7, 11) is 1.39. The molecule has 0 aliphatic carbocycles. The van der Waals surface area contributed by atoms with Crippen LogP contribution in [0.25, 0.3) is 11.4 Å². The first-order chi connectivity index (χ1) is 14.7. The van der Waals surface area contributed by atoms with Gasteiger partial charge >= 0.3 is 5.97 Å². The number of aromatic carboxylic acids is 1. The molecule has 1 heterocycles. The van der Waals surface area contributed by atoms with Gasteiger partial charge in [-0.15, -0.1) is 0 Å². The summed E-state index contributed by atoms with van der Waals surface area (Å²) in [6.07, 6.45) is 0. The topological polar surface area (TPSA) is 116 Å². The van der Waals surface area contributed by atoms with Crippen molar-refractivity contribution in [3.63, 3.8) is 0 Å². The molecule has 0 fully saturated rings. The van der Waals surface area contributed by atoms with Gasteiger partial charge < -0.3 is 20.2 Å². The Kier molecular flexibility index (Phi) is 6.84. The van der Waals surface area contributed by atoms with Crippen molar-refractivity contribution in [3.05, 3.63) is 74.1 Å². The first kappa shape index (κ1) is 22.6. The summed E-state index contributed by atoms with van der Waals surface area (Å²) in [6, 6.07) is 12.1. The summed E-state index contributed by atoms with van der Waals surface area (Å²) < 4.78 is 1.08. The van der Waals surface area contributed by atoms with E-state index < -0.39 is 23.0 Å². The van der Waals surface area contributed by atoms with Gasteiger partial charge in [-0.2, -0.15) is 0 Å². The molecule has 31 heavy (non-hydrogen) atoms. The van der Waals surface area contributed by atoms with Gasteiger partial charge in [-0.1, -0.05) is 41.4 Å². The molecule has 3 aromatic rings. The zero-order valence-electron chi connectivity index (χ0n) is 16.4. The normalized spacial score (nSPS) is 10.8. The third-order valence-electron chi connectivity index (χ3n) is 4.68. The van der Waals surface area contributed by atoms with Gasteiger partial charge in [-0.05, 0) is 29.8 Å². The predicted octanol–water partition coefficient (Wildman–Crippen LogP) is 3.16. The molecular weight excluding hydrogens is 445 g/mol. The Morgan fingerprint density at radius 2 is 1.87 bits per heavy atom. The van der Waals surface area contributed by atoms with Crippen LogP contribution >= 0.6 is 23.2 Å². The highest BCUT2D eigenvalue weighted by Gasteiger charge is 2.22. The number of aliphatic hydroxyl groups excluding tert-OH is 1. The second-order valence-electron chi connectivity index (χ2n) is 6.71. The third-order valence-corrected chi connectivity index (χ3v) is 5.42. The van der Waals surface area contributed by atoms with Crippen LogP contribution in [0.4, 0.5) is 5.69 Å². The van der Waals surface area contributed by atoms with Gasteiger partial charge in [-0.3, -0.25) is 9.36 Å². The van der Waals surface area contributed by atoms with Crippen LogP contribution in [0.5, 0.6) is 5.75 Å². The Labute approximate surface area is 187 Å². The van der Waals surface area contributed by atoms with E-state index in [1.54, 1.807) is 42.5 Å². The molecule has 3 N–H and O–H groups in total. The molecule has 0 amide bonds. The highest BCUT2D eigenvalue weighted by atomic mass is 35.5. The molecule has 0 spiro atoms. The molecule has 0 aliphatic rings. The standard InChI is InChI=1S/C21H19Cl2N3O5/c1-25-19(24-17(21(30)31)18(28)20(25)29)13-4-2-3-5-16(13)26(8-9-27)11-12-6-7-14(22)15(23)10-12/h2-7,10,27-28H,8-9,11H2,1H3,(H,30,31). The van der Waals surface area contributed by atoms with Crippen LogP contribution in [-0.2, 0) is 13.6 Å². The molecule has 0 aliphatic heterocycles.